The minimum Gasteiger partial charge on any atom is -0.444 e. The van der Waals surface area contributed by atoms with Crippen LogP contribution in [0.5, 0.6) is 0 Å². The van der Waals surface area contributed by atoms with E-state index in [9.17, 15) is 13.2 Å². The van der Waals surface area contributed by atoms with Crippen molar-refractivity contribution in [3.05, 3.63) is 17.0 Å². The third-order valence-electron chi connectivity index (χ3n) is 5.27. The Hall–Kier alpha value is -1.75. The van der Waals surface area contributed by atoms with Gasteiger partial charge in [0, 0.05) is 36.9 Å². The van der Waals surface area contributed by atoms with Gasteiger partial charge in [0.15, 0.2) is 0 Å². The molecule has 3 heterocycles. The number of hydrogen-bond acceptors (Lipinski definition) is 6. The van der Waals surface area contributed by atoms with E-state index in [1.165, 1.54) is 9.58 Å². The van der Waals surface area contributed by atoms with Crippen LogP contribution in [0.4, 0.5) is 13.6 Å². The zero-order valence-corrected chi connectivity index (χ0v) is 18.8. The van der Waals surface area contributed by atoms with Crippen LogP contribution in [0.3, 0.4) is 0 Å². The fourth-order valence-corrected chi connectivity index (χ4v) is 4.34. The van der Waals surface area contributed by atoms with Gasteiger partial charge in [-0.1, -0.05) is 0 Å². The van der Waals surface area contributed by atoms with Gasteiger partial charge in [-0.05, 0) is 34.1 Å². The Morgan fingerprint density at radius 2 is 2.00 bits per heavy atom. The zero-order valence-electron chi connectivity index (χ0n) is 17.9. The molecule has 8 nitrogen and oxygen atoms in total. The molecule has 3 rings (SSSR count). The van der Waals surface area contributed by atoms with Crippen molar-refractivity contribution in [2.75, 3.05) is 12.9 Å². The van der Waals surface area contributed by atoms with Crippen molar-refractivity contribution in [2.45, 2.75) is 77.6 Å². The molecule has 0 N–H and O–H groups in total. The fraction of sp³-hybridized carbons (Fsp3) is 0.789. The summed E-state index contributed by atoms with van der Waals surface area (Å²) < 4.78 is 64.3. The van der Waals surface area contributed by atoms with E-state index in [1.54, 1.807) is 20.8 Å². The van der Waals surface area contributed by atoms with E-state index in [-0.39, 0.29) is 37.9 Å². The Balaban J connectivity index is 1.89. The molecule has 2 aliphatic heterocycles. The van der Waals surface area contributed by atoms with Crippen molar-refractivity contribution in [3.8, 4) is 0 Å². The molecule has 1 amide bonds. The van der Waals surface area contributed by atoms with Crippen LogP contribution in [-0.2, 0) is 44.5 Å². The lowest BCUT2D eigenvalue weighted by Gasteiger charge is -2.35. The normalized spacial score (nSPS) is 24.0. The predicted molar refractivity (Wildman–Crippen MR) is 105 cm³/mol. The maximum Gasteiger partial charge on any atom is 0.410 e. The SMILES string of the molecule is C[C@@H]1Cc2nn3c(c2CN1C(=O)OC(C)(C)C)C(F)(F)CCC(COS(C)(=O)=O)C3. The quantitative estimate of drug-likeness (QED) is 0.659. The first-order valence-corrected chi connectivity index (χ1v) is 11.8. The molecule has 0 fully saturated rings. The van der Waals surface area contributed by atoms with Crippen LogP contribution in [0.25, 0.3) is 0 Å². The Morgan fingerprint density at radius 3 is 2.60 bits per heavy atom. The van der Waals surface area contributed by atoms with E-state index in [2.05, 4.69) is 5.10 Å². The molecule has 0 spiro atoms. The number of hydrogen-bond donors (Lipinski definition) is 0. The van der Waals surface area contributed by atoms with Gasteiger partial charge in [0.25, 0.3) is 16.0 Å². The van der Waals surface area contributed by atoms with Gasteiger partial charge >= 0.3 is 6.09 Å². The third-order valence-corrected chi connectivity index (χ3v) is 5.84. The number of carbonyl (C=O) groups is 1. The largest absolute Gasteiger partial charge is 0.444 e. The highest BCUT2D eigenvalue weighted by Crippen LogP contribution is 2.42. The average molecular weight is 450 g/mol. The van der Waals surface area contributed by atoms with Crippen molar-refractivity contribution in [1.29, 1.82) is 0 Å². The highest BCUT2D eigenvalue weighted by atomic mass is 32.2. The lowest BCUT2D eigenvalue weighted by molar-refractivity contribution is -0.0236. The van der Waals surface area contributed by atoms with Crippen molar-refractivity contribution in [2.24, 2.45) is 5.92 Å². The van der Waals surface area contributed by atoms with Crippen molar-refractivity contribution in [1.82, 2.24) is 14.7 Å². The number of alkyl halides is 2. The highest BCUT2D eigenvalue weighted by Gasteiger charge is 2.45. The molecule has 0 aliphatic carbocycles. The first-order chi connectivity index (χ1) is 13.7. The highest BCUT2D eigenvalue weighted by molar-refractivity contribution is 7.85. The molecule has 2 atom stereocenters. The van der Waals surface area contributed by atoms with Crippen LogP contribution >= 0.6 is 0 Å². The van der Waals surface area contributed by atoms with Crippen LogP contribution in [0.1, 0.15) is 57.5 Å². The van der Waals surface area contributed by atoms with Gasteiger partial charge in [0.05, 0.1) is 25.1 Å². The monoisotopic (exact) mass is 449 g/mol. The molecule has 30 heavy (non-hydrogen) atoms. The van der Waals surface area contributed by atoms with Crippen molar-refractivity contribution < 1.29 is 30.9 Å². The molecule has 0 bridgehead atoms. The Kier molecular flexibility index (Phi) is 5.92. The maximum atomic E-state index is 15.1. The number of nitrogens with zero attached hydrogens (tertiary/aromatic N) is 3. The van der Waals surface area contributed by atoms with Crippen molar-refractivity contribution >= 4 is 16.2 Å². The predicted octanol–water partition coefficient (Wildman–Crippen LogP) is 3.04. The van der Waals surface area contributed by atoms with Crippen LogP contribution in [0, 0.1) is 5.92 Å². The number of carbonyl (C=O) groups excluding carboxylic acids is 1. The van der Waals surface area contributed by atoms with E-state index in [0.717, 1.165) is 6.26 Å². The van der Waals surface area contributed by atoms with Gasteiger partial charge in [-0.2, -0.15) is 22.3 Å². The summed E-state index contributed by atoms with van der Waals surface area (Å²) in [6, 6.07) is -0.246. The second-order valence-corrected chi connectivity index (χ2v) is 10.9. The number of rotatable bonds is 3. The average Bonchev–Trinajstić information content (AvgIpc) is 2.85. The summed E-state index contributed by atoms with van der Waals surface area (Å²) in [7, 11) is -3.66. The maximum absolute atomic E-state index is 15.1. The summed E-state index contributed by atoms with van der Waals surface area (Å²) in [5.41, 5.74) is 0.0131. The van der Waals surface area contributed by atoms with Gasteiger partial charge in [-0.3, -0.25) is 8.86 Å². The minimum absolute atomic E-state index is 0.000836. The molecule has 11 heteroatoms. The van der Waals surface area contributed by atoms with E-state index < -0.39 is 40.1 Å². The minimum atomic E-state index is -3.66. The Bertz CT molecular complexity index is 923. The summed E-state index contributed by atoms with van der Waals surface area (Å²) in [5, 5.41) is 4.41. The zero-order chi connectivity index (χ0) is 22.5. The van der Waals surface area contributed by atoms with Crippen LogP contribution < -0.4 is 0 Å². The molecule has 1 aromatic rings. The number of halogens is 2. The van der Waals surface area contributed by atoms with Crippen LogP contribution in [-0.4, -0.2) is 53.7 Å². The topological polar surface area (TPSA) is 90.7 Å². The molecule has 0 aromatic carbocycles. The van der Waals surface area contributed by atoms with Gasteiger partial charge in [-0.25, -0.2) is 4.79 Å². The summed E-state index contributed by atoms with van der Waals surface area (Å²) in [4.78, 5) is 14.1. The number of aromatic nitrogens is 2. The molecule has 170 valence electrons. The lowest BCUT2D eigenvalue weighted by Crippen LogP contribution is -2.45. The standard InChI is InChI=1S/C19H29F2N3O5S/c1-12-8-15-14(10-23(12)17(25)29-18(2,3)4)16-19(20,21)7-6-13(9-24(16)22-15)11-28-30(5,26)27/h12-13H,6-11H2,1-5H3/t12-,13?/m1/s1. The molecule has 2 aliphatic rings. The smallest absolute Gasteiger partial charge is 0.410 e. The Morgan fingerprint density at radius 1 is 1.33 bits per heavy atom. The van der Waals surface area contributed by atoms with Crippen LogP contribution in [0.2, 0.25) is 0 Å². The van der Waals surface area contributed by atoms with E-state index in [4.69, 9.17) is 8.92 Å². The van der Waals surface area contributed by atoms with Gasteiger partial charge in [0.1, 0.15) is 11.3 Å². The van der Waals surface area contributed by atoms with E-state index in [1.807, 2.05) is 6.92 Å². The molecule has 0 saturated heterocycles. The van der Waals surface area contributed by atoms with E-state index in [0.29, 0.717) is 17.7 Å². The number of amides is 1. The lowest BCUT2D eigenvalue weighted by atomic mass is 9.96. The summed E-state index contributed by atoms with van der Waals surface area (Å²) in [6.07, 6.45) is 0.396. The third kappa shape index (κ3) is 5.11. The molecule has 0 radical (unpaired) electrons. The van der Waals surface area contributed by atoms with Crippen molar-refractivity contribution in [3.63, 3.8) is 0 Å². The molecule has 1 unspecified atom stereocenters. The molecular weight excluding hydrogens is 420 g/mol. The Labute approximate surface area is 175 Å². The first kappa shape index (κ1) is 22.9. The molecule has 0 saturated carbocycles. The molecular formula is C19H29F2N3O5S. The molecule has 1 aromatic heterocycles. The van der Waals surface area contributed by atoms with Crippen LogP contribution in [0.15, 0.2) is 0 Å². The summed E-state index contributed by atoms with van der Waals surface area (Å²) in [6.45, 7) is 7.06. The summed E-state index contributed by atoms with van der Waals surface area (Å²) in [5.74, 6) is -3.55. The number of fused-ring (bicyclic) bond motifs is 3. The summed E-state index contributed by atoms with van der Waals surface area (Å²) >= 11 is 0. The van der Waals surface area contributed by atoms with E-state index >= 15 is 8.78 Å². The number of ether oxygens (including phenoxy) is 1. The fourth-order valence-electron chi connectivity index (χ4n) is 3.90. The van der Waals surface area contributed by atoms with Gasteiger partial charge < -0.3 is 9.64 Å². The second kappa shape index (κ2) is 7.74. The second-order valence-electron chi connectivity index (χ2n) is 9.22. The van der Waals surface area contributed by atoms with Gasteiger partial charge in [0.2, 0.25) is 0 Å². The van der Waals surface area contributed by atoms with Gasteiger partial charge in [-0.15, -0.1) is 0 Å². The first-order valence-electron chi connectivity index (χ1n) is 9.97.